The molecule has 0 aliphatic carbocycles. The number of ketones is 2. The summed E-state index contributed by atoms with van der Waals surface area (Å²) in [5.74, 6) is 0.515. The van der Waals surface area contributed by atoms with Crippen LogP contribution in [-0.4, -0.2) is 18.2 Å². The summed E-state index contributed by atoms with van der Waals surface area (Å²) in [7, 11) is 0. The van der Waals surface area contributed by atoms with Crippen LogP contribution in [0.15, 0.2) is 78.9 Å². The van der Waals surface area contributed by atoms with Gasteiger partial charge in [0.1, 0.15) is 11.5 Å². The molecule has 0 atom stereocenters. The van der Waals surface area contributed by atoms with Crippen molar-refractivity contribution in [3.05, 3.63) is 90.0 Å². The van der Waals surface area contributed by atoms with Gasteiger partial charge in [-0.3, -0.25) is 9.59 Å². The van der Waals surface area contributed by atoms with Gasteiger partial charge in [0.2, 0.25) is 0 Å². The third-order valence-electron chi connectivity index (χ3n) is 4.76. The van der Waals surface area contributed by atoms with E-state index in [1.807, 2.05) is 42.5 Å². The van der Waals surface area contributed by atoms with E-state index in [2.05, 4.69) is 19.1 Å². The van der Waals surface area contributed by atoms with E-state index in [0.29, 0.717) is 12.2 Å². The van der Waals surface area contributed by atoms with Crippen molar-refractivity contribution >= 4 is 11.6 Å². The third kappa shape index (κ3) is 6.15. The van der Waals surface area contributed by atoms with Crippen LogP contribution in [0.2, 0.25) is 0 Å². The summed E-state index contributed by atoms with van der Waals surface area (Å²) in [4.78, 5) is 24.7. The standard InChI is InChI=1S/C26H26O3/c1-2-3-17-29-25-15-13-23(14-16-25)26(28)19-24(27)18-20-9-11-22(12-10-20)21-7-5-4-6-8-21/h4-16H,2-3,17-19H2,1H3. The molecule has 0 bridgehead atoms. The van der Waals surface area contributed by atoms with E-state index in [-0.39, 0.29) is 24.4 Å². The zero-order valence-electron chi connectivity index (χ0n) is 16.8. The monoisotopic (exact) mass is 386 g/mol. The van der Waals surface area contributed by atoms with E-state index in [1.165, 1.54) is 0 Å². The van der Waals surface area contributed by atoms with Gasteiger partial charge in [0.15, 0.2) is 5.78 Å². The Hall–Kier alpha value is -3.20. The summed E-state index contributed by atoms with van der Waals surface area (Å²) >= 11 is 0. The molecular formula is C26H26O3. The minimum absolute atomic E-state index is 0.0780. The minimum atomic E-state index is -0.156. The van der Waals surface area contributed by atoms with E-state index in [4.69, 9.17) is 4.74 Å². The molecule has 0 radical (unpaired) electrons. The van der Waals surface area contributed by atoms with Crippen molar-refractivity contribution in [2.24, 2.45) is 0 Å². The number of benzene rings is 3. The van der Waals surface area contributed by atoms with Gasteiger partial charge in [-0.2, -0.15) is 0 Å². The minimum Gasteiger partial charge on any atom is -0.494 e. The lowest BCUT2D eigenvalue weighted by molar-refractivity contribution is -0.117. The van der Waals surface area contributed by atoms with Crippen molar-refractivity contribution in [3.8, 4) is 16.9 Å². The van der Waals surface area contributed by atoms with E-state index >= 15 is 0 Å². The molecule has 0 aliphatic heterocycles. The fraction of sp³-hybridized carbons (Fsp3) is 0.231. The van der Waals surface area contributed by atoms with Gasteiger partial charge in [-0.05, 0) is 47.4 Å². The van der Waals surface area contributed by atoms with Gasteiger partial charge in [-0.1, -0.05) is 67.9 Å². The Kier molecular flexibility index (Phi) is 7.34. The number of ether oxygens (including phenoxy) is 1. The first kappa shape index (κ1) is 20.5. The Bertz CT molecular complexity index is 926. The first-order valence-corrected chi connectivity index (χ1v) is 10.1. The average Bonchev–Trinajstić information content (AvgIpc) is 2.75. The maximum absolute atomic E-state index is 12.4. The molecule has 29 heavy (non-hydrogen) atoms. The van der Waals surface area contributed by atoms with Crippen LogP contribution in [0.3, 0.4) is 0 Å². The molecule has 0 unspecified atom stereocenters. The molecule has 0 heterocycles. The van der Waals surface area contributed by atoms with Gasteiger partial charge >= 0.3 is 0 Å². The first-order valence-electron chi connectivity index (χ1n) is 10.1. The third-order valence-corrected chi connectivity index (χ3v) is 4.76. The molecular weight excluding hydrogens is 360 g/mol. The fourth-order valence-corrected chi connectivity index (χ4v) is 3.09. The molecule has 0 spiro atoms. The second-order valence-electron chi connectivity index (χ2n) is 7.10. The fourth-order valence-electron chi connectivity index (χ4n) is 3.09. The number of carbonyl (C=O) groups is 2. The highest BCUT2D eigenvalue weighted by molar-refractivity contribution is 6.08. The Balaban J connectivity index is 1.53. The summed E-state index contributed by atoms with van der Waals surface area (Å²) < 4.78 is 5.60. The molecule has 0 saturated carbocycles. The van der Waals surface area contributed by atoms with Crippen LogP contribution in [-0.2, 0) is 11.2 Å². The smallest absolute Gasteiger partial charge is 0.170 e. The first-order chi connectivity index (χ1) is 14.2. The Morgan fingerprint density at radius 3 is 2.10 bits per heavy atom. The number of rotatable bonds is 10. The van der Waals surface area contributed by atoms with Crippen LogP contribution in [0.5, 0.6) is 5.75 Å². The van der Waals surface area contributed by atoms with Gasteiger partial charge in [-0.25, -0.2) is 0 Å². The number of unbranched alkanes of at least 4 members (excludes halogenated alkanes) is 1. The Morgan fingerprint density at radius 1 is 0.793 bits per heavy atom. The van der Waals surface area contributed by atoms with E-state index in [1.54, 1.807) is 24.3 Å². The van der Waals surface area contributed by atoms with Crippen molar-refractivity contribution in [1.29, 1.82) is 0 Å². The van der Waals surface area contributed by atoms with E-state index < -0.39 is 0 Å². The number of Topliss-reactive ketones (excluding diaryl/α,β-unsaturated/α-hetero) is 2. The molecule has 0 amide bonds. The molecule has 148 valence electrons. The Labute approximate surface area is 172 Å². The lowest BCUT2D eigenvalue weighted by atomic mass is 9.99. The maximum atomic E-state index is 12.4. The normalized spacial score (nSPS) is 10.5. The topological polar surface area (TPSA) is 43.4 Å². The molecule has 3 aromatic carbocycles. The van der Waals surface area contributed by atoms with Crippen molar-refractivity contribution in [3.63, 3.8) is 0 Å². The van der Waals surface area contributed by atoms with Crippen molar-refractivity contribution in [2.75, 3.05) is 6.61 Å². The van der Waals surface area contributed by atoms with Crippen LogP contribution in [0.4, 0.5) is 0 Å². The molecule has 3 heteroatoms. The molecule has 0 fully saturated rings. The second-order valence-corrected chi connectivity index (χ2v) is 7.10. The van der Waals surface area contributed by atoms with Gasteiger partial charge < -0.3 is 4.74 Å². The molecule has 3 nitrogen and oxygen atoms in total. The van der Waals surface area contributed by atoms with Gasteiger partial charge in [0, 0.05) is 12.0 Å². The predicted octanol–water partition coefficient (Wildman–Crippen LogP) is 5.92. The highest BCUT2D eigenvalue weighted by atomic mass is 16.5. The Morgan fingerprint density at radius 2 is 1.45 bits per heavy atom. The molecule has 0 N–H and O–H groups in total. The van der Waals surface area contributed by atoms with Crippen molar-refractivity contribution in [1.82, 2.24) is 0 Å². The summed E-state index contributed by atoms with van der Waals surface area (Å²) in [5.41, 5.74) is 3.71. The van der Waals surface area contributed by atoms with Crippen LogP contribution in [0.25, 0.3) is 11.1 Å². The van der Waals surface area contributed by atoms with Crippen LogP contribution in [0.1, 0.15) is 42.1 Å². The second kappa shape index (κ2) is 10.4. The van der Waals surface area contributed by atoms with Gasteiger partial charge in [0.05, 0.1) is 13.0 Å². The van der Waals surface area contributed by atoms with E-state index in [9.17, 15) is 9.59 Å². The maximum Gasteiger partial charge on any atom is 0.170 e. The van der Waals surface area contributed by atoms with Crippen molar-refractivity contribution < 1.29 is 14.3 Å². The number of carbonyl (C=O) groups excluding carboxylic acids is 2. The highest BCUT2D eigenvalue weighted by Gasteiger charge is 2.13. The summed E-state index contributed by atoms with van der Waals surface area (Å²) in [6.45, 7) is 2.78. The number of hydrogen-bond donors (Lipinski definition) is 0. The lowest BCUT2D eigenvalue weighted by Gasteiger charge is -2.07. The molecule has 0 aromatic heterocycles. The number of hydrogen-bond acceptors (Lipinski definition) is 3. The molecule has 3 aromatic rings. The summed E-state index contributed by atoms with van der Waals surface area (Å²) in [5, 5.41) is 0. The van der Waals surface area contributed by atoms with Crippen LogP contribution < -0.4 is 4.74 Å². The van der Waals surface area contributed by atoms with Gasteiger partial charge in [-0.15, -0.1) is 0 Å². The zero-order valence-corrected chi connectivity index (χ0v) is 16.8. The molecule has 3 rings (SSSR count). The van der Waals surface area contributed by atoms with Gasteiger partial charge in [0.25, 0.3) is 0 Å². The molecule has 0 aliphatic rings. The van der Waals surface area contributed by atoms with Crippen LogP contribution >= 0.6 is 0 Å². The average molecular weight is 386 g/mol. The summed E-state index contributed by atoms with van der Waals surface area (Å²) in [6, 6.07) is 25.1. The zero-order chi connectivity index (χ0) is 20.5. The quantitative estimate of drug-likeness (QED) is 0.247. The van der Waals surface area contributed by atoms with Crippen molar-refractivity contribution in [2.45, 2.75) is 32.6 Å². The molecule has 0 saturated heterocycles. The SMILES string of the molecule is CCCCOc1ccc(C(=O)CC(=O)Cc2ccc(-c3ccccc3)cc2)cc1. The predicted molar refractivity (Wildman–Crippen MR) is 116 cm³/mol. The van der Waals surface area contributed by atoms with E-state index in [0.717, 1.165) is 35.3 Å². The largest absolute Gasteiger partial charge is 0.494 e. The highest BCUT2D eigenvalue weighted by Crippen LogP contribution is 2.20. The lowest BCUT2D eigenvalue weighted by Crippen LogP contribution is -2.10. The summed E-state index contributed by atoms with van der Waals surface area (Å²) in [6.07, 6.45) is 2.25. The van der Waals surface area contributed by atoms with Crippen LogP contribution in [0, 0.1) is 0 Å².